The number of nitrogens with one attached hydrogen (secondary N) is 2. The van der Waals surface area contributed by atoms with E-state index in [9.17, 15) is 9.90 Å². The van der Waals surface area contributed by atoms with E-state index in [1.165, 1.54) is 18.2 Å². The van der Waals surface area contributed by atoms with E-state index in [2.05, 4.69) is 28.0 Å². The lowest BCUT2D eigenvalue weighted by Gasteiger charge is -2.11. The van der Waals surface area contributed by atoms with Gasteiger partial charge in [0.1, 0.15) is 5.75 Å². The van der Waals surface area contributed by atoms with Crippen LogP contribution < -0.4 is 16.5 Å². The second-order valence-corrected chi connectivity index (χ2v) is 7.98. The topological polar surface area (TPSA) is 99.7 Å². The Hall–Kier alpha value is -3.87. The number of carbonyl (C=O) groups excluding carboxylic acids is 1. The number of aromatic hydroxyl groups is 1. The Morgan fingerprint density at radius 3 is 2.58 bits per heavy atom. The smallest absolute Gasteiger partial charge is 0.271 e. The predicted molar refractivity (Wildman–Crippen MR) is 134 cm³/mol. The fourth-order valence-corrected chi connectivity index (χ4v) is 3.75. The van der Waals surface area contributed by atoms with Crippen LogP contribution in [0.15, 0.2) is 84.0 Å². The van der Waals surface area contributed by atoms with Crippen LogP contribution in [0.3, 0.4) is 0 Å². The van der Waals surface area contributed by atoms with E-state index in [1.54, 1.807) is 6.21 Å². The van der Waals surface area contributed by atoms with Crippen molar-refractivity contribution in [3.63, 3.8) is 0 Å². The minimum atomic E-state index is -0.417. The lowest BCUT2D eigenvalue weighted by molar-refractivity contribution is 0.0955. The van der Waals surface area contributed by atoms with Gasteiger partial charge in [-0.15, -0.1) is 0 Å². The molecule has 0 fully saturated rings. The molecule has 0 aliphatic carbocycles. The zero-order valence-electron chi connectivity index (χ0n) is 17.8. The minimum Gasteiger partial charge on any atom is -0.506 e. The number of benzene rings is 4. The Morgan fingerprint density at radius 2 is 1.79 bits per heavy atom. The van der Waals surface area contributed by atoms with Gasteiger partial charge < -0.3 is 16.2 Å². The summed E-state index contributed by atoms with van der Waals surface area (Å²) in [5, 5.41) is 19.3. The molecule has 0 aliphatic rings. The maximum absolute atomic E-state index is 12.3. The Balaban J connectivity index is 1.46. The van der Waals surface area contributed by atoms with Crippen molar-refractivity contribution in [1.82, 2.24) is 10.7 Å². The molecule has 6 nitrogen and oxygen atoms in total. The molecule has 4 aromatic rings. The van der Waals surface area contributed by atoms with Crippen LogP contribution in [0.4, 0.5) is 5.69 Å². The number of rotatable bonds is 7. The number of phenolic OH excluding ortho intramolecular Hbond substituents is 1. The van der Waals surface area contributed by atoms with E-state index < -0.39 is 5.91 Å². The number of fused-ring (bicyclic) bond motifs is 1. The van der Waals surface area contributed by atoms with Crippen LogP contribution in [-0.2, 0) is 13.1 Å². The minimum absolute atomic E-state index is 0.0781. The lowest BCUT2D eigenvalue weighted by atomic mass is 10.00. The molecule has 7 heteroatoms. The molecule has 0 atom stereocenters. The normalized spacial score (nSPS) is 11.2. The Kier molecular flexibility index (Phi) is 6.88. The number of nitrogens with zero attached hydrogens (tertiary/aromatic N) is 1. The van der Waals surface area contributed by atoms with E-state index in [1.807, 2.05) is 48.5 Å². The first-order valence-corrected chi connectivity index (χ1v) is 10.8. The molecular weight excluding hydrogens is 436 g/mol. The van der Waals surface area contributed by atoms with Crippen molar-refractivity contribution in [3.8, 4) is 5.75 Å². The zero-order chi connectivity index (χ0) is 23.2. The highest BCUT2D eigenvalue weighted by molar-refractivity contribution is 6.32. The largest absolute Gasteiger partial charge is 0.506 e. The van der Waals surface area contributed by atoms with E-state index in [-0.39, 0.29) is 10.8 Å². The molecule has 4 aromatic carbocycles. The van der Waals surface area contributed by atoms with Gasteiger partial charge in [-0.05, 0) is 52.2 Å². The van der Waals surface area contributed by atoms with Gasteiger partial charge in [0.05, 0.1) is 11.2 Å². The number of nitrogen functional groups attached to an aromatic ring is 1. The van der Waals surface area contributed by atoms with Gasteiger partial charge >= 0.3 is 0 Å². The maximum Gasteiger partial charge on any atom is 0.271 e. The predicted octanol–water partition coefficient (Wildman–Crippen LogP) is 4.83. The van der Waals surface area contributed by atoms with Crippen LogP contribution >= 0.6 is 11.6 Å². The lowest BCUT2D eigenvalue weighted by Crippen LogP contribution is -2.17. The van der Waals surface area contributed by atoms with Crippen molar-refractivity contribution < 1.29 is 9.90 Å². The summed E-state index contributed by atoms with van der Waals surface area (Å²) < 4.78 is 0. The van der Waals surface area contributed by atoms with Crippen molar-refractivity contribution >= 4 is 40.2 Å². The van der Waals surface area contributed by atoms with Crippen molar-refractivity contribution in [2.45, 2.75) is 13.1 Å². The van der Waals surface area contributed by atoms with Gasteiger partial charge in [0.2, 0.25) is 0 Å². The molecule has 33 heavy (non-hydrogen) atoms. The Bertz CT molecular complexity index is 1340. The molecule has 0 aliphatic heterocycles. The van der Waals surface area contributed by atoms with Crippen LogP contribution in [-0.4, -0.2) is 17.2 Å². The van der Waals surface area contributed by atoms with Gasteiger partial charge in [-0.3, -0.25) is 4.79 Å². The monoisotopic (exact) mass is 458 g/mol. The summed E-state index contributed by atoms with van der Waals surface area (Å²) >= 11 is 5.87. The molecule has 166 valence electrons. The first-order valence-electron chi connectivity index (χ1n) is 10.4. The summed E-state index contributed by atoms with van der Waals surface area (Å²) in [6, 6.07) is 24.2. The second-order valence-electron chi connectivity index (χ2n) is 7.57. The average Bonchev–Trinajstić information content (AvgIpc) is 2.82. The first-order chi connectivity index (χ1) is 16.0. The summed E-state index contributed by atoms with van der Waals surface area (Å²) in [6.07, 6.45) is 1.62. The number of hydrogen-bond acceptors (Lipinski definition) is 5. The number of phenols is 1. The third-order valence-electron chi connectivity index (χ3n) is 5.22. The van der Waals surface area contributed by atoms with Gasteiger partial charge in [-0.2, -0.15) is 5.10 Å². The van der Waals surface area contributed by atoms with E-state index in [0.717, 1.165) is 39.7 Å². The van der Waals surface area contributed by atoms with Gasteiger partial charge in [-0.1, -0.05) is 60.1 Å². The van der Waals surface area contributed by atoms with Crippen LogP contribution in [0.1, 0.15) is 27.0 Å². The Labute approximate surface area is 196 Å². The SMILES string of the molecule is Nc1cccc(CNCc2ccc(C=NNC(=O)c3ccc(O)c(Cl)c3)c3ccccc23)c1. The molecule has 4 rings (SSSR count). The first kappa shape index (κ1) is 22.3. The van der Waals surface area contributed by atoms with Crippen molar-refractivity contribution in [2.24, 2.45) is 5.10 Å². The molecule has 1 amide bonds. The Morgan fingerprint density at radius 1 is 0.970 bits per heavy atom. The maximum atomic E-state index is 12.3. The van der Waals surface area contributed by atoms with Gasteiger partial charge in [0.25, 0.3) is 5.91 Å². The summed E-state index contributed by atoms with van der Waals surface area (Å²) in [7, 11) is 0. The van der Waals surface area contributed by atoms with Gasteiger partial charge in [-0.25, -0.2) is 5.43 Å². The standard InChI is InChI=1S/C26H23ClN4O2/c27-24-13-18(10-11-25(24)32)26(33)31-30-16-20-9-8-19(22-6-1-2-7-23(20)22)15-29-14-17-4-3-5-21(28)12-17/h1-13,16,29,32H,14-15,28H2,(H,31,33). The average molecular weight is 459 g/mol. The van der Waals surface area contributed by atoms with Crippen molar-refractivity contribution in [2.75, 3.05) is 5.73 Å². The number of amides is 1. The van der Waals surface area contributed by atoms with Crippen molar-refractivity contribution in [1.29, 1.82) is 0 Å². The van der Waals surface area contributed by atoms with E-state index >= 15 is 0 Å². The number of hydrazone groups is 1. The number of anilines is 1. The summed E-state index contributed by atoms with van der Waals surface area (Å²) in [5.41, 5.74) is 12.6. The quantitative estimate of drug-likeness (QED) is 0.181. The number of hydrogen-bond donors (Lipinski definition) is 4. The van der Waals surface area contributed by atoms with Gasteiger partial charge in [0.15, 0.2) is 0 Å². The molecule has 0 saturated heterocycles. The van der Waals surface area contributed by atoms with E-state index in [0.29, 0.717) is 12.1 Å². The molecule has 0 unspecified atom stereocenters. The summed E-state index contributed by atoms with van der Waals surface area (Å²) in [4.78, 5) is 12.3. The molecule has 0 heterocycles. The van der Waals surface area contributed by atoms with Crippen molar-refractivity contribution in [3.05, 3.63) is 106 Å². The molecular formula is C26H23ClN4O2. The molecule has 0 radical (unpaired) electrons. The zero-order valence-corrected chi connectivity index (χ0v) is 18.5. The number of carbonyl (C=O) groups is 1. The third kappa shape index (κ3) is 5.49. The molecule has 5 N–H and O–H groups in total. The number of halogens is 1. The van der Waals surface area contributed by atoms with Crippen LogP contribution in [0, 0.1) is 0 Å². The van der Waals surface area contributed by atoms with Crippen LogP contribution in [0.2, 0.25) is 5.02 Å². The van der Waals surface area contributed by atoms with Crippen LogP contribution in [0.25, 0.3) is 10.8 Å². The summed E-state index contributed by atoms with van der Waals surface area (Å²) in [5.74, 6) is -0.495. The fraction of sp³-hybridized carbons (Fsp3) is 0.0769. The third-order valence-corrected chi connectivity index (χ3v) is 5.53. The molecule has 0 spiro atoms. The summed E-state index contributed by atoms with van der Waals surface area (Å²) in [6.45, 7) is 1.42. The highest BCUT2D eigenvalue weighted by Crippen LogP contribution is 2.24. The molecule has 0 bridgehead atoms. The molecule has 0 saturated carbocycles. The molecule has 0 aromatic heterocycles. The fourth-order valence-electron chi connectivity index (χ4n) is 3.57. The van der Waals surface area contributed by atoms with Gasteiger partial charge in [0, 0.05) is 29.9 Å². The van der Waals surface area contributed by atoms with E-state index in [4.69, 9.17) is 17.3 Å². The highest BCUT2D eigenvalue weighted by Gasteiger charge is 2.08. The van der Waals surface area contributed by atoms with Crippen LogP contribution in [0.5, 0.6) is 5.75 Å². The highest BCUT2D eigenvalue weighted by atomic mass is 35.5. The number of nitrogens with two attached hydrogens (primary N) is 1. The second kappa shape index (κ2) is 10.2.